The van der Waals surface area contributed by atoms with Crippen molar-refractivity contribution < 1.29 is 4.74 Å². The lowest BCUT2D eigenvalue weighted by molar-refractivity contribution is 0.302. The molecule has 178 valence electrons. The van der Waals surface area contributed by atoms with Crippen molar-refractivity contribution in [3.63, 3.8) is 0 Å². The van der Waals surface area contributed by atoms with Crippen molar-refractivity contribution in [2.24, 2.45) is 0 Å². The van der Waals surface area contributed by atoms with E-state index in [1.165, 1.54) is 0 Å². The van der Waals surface area contributed by atoms with Gasteiger partial charge in [-0.2, -0.15) is 4.68 Å². The third-order valence-electron chi connectivity index (χ3n) is 4.86. The number of aromatic nitrogens is 4. The number of benzene rings is 3. The molecule has 0 saturated carbocycles. The van der Waals surface area contributed by atoms with E-state index >= 15 is 0 Å². The average molecular weight is 537 g/mol. The van der Waals surface area contributed by atoms with Crippen molar-refractivity contribution in [3.8, 4) is 11.4 Å². The van der Waals surface area contributed by atoms with Gasteiger partial charge in [-0.1, -0.05) is 77.4 Å². The fourth-order valence-corrected chi connectivity index (χ4v) is 4.46. The van der Waals surface area contributed by atoms with Gasteiger partial charge >= 0.3 is 0 Å². The zero-order chi connectivity index (χ0) is 22.9. The minimum atomic E-state index is 0. The number of ether oxygens (including phenoxy) is 1. The summed E-state index contributed by atoms with van der Waals surface area (Å²) in [4.78, 5) is 0. The van der Waals surface area contributed by atoms with E-state index in [1.807, 2.05) is 60.7 Å². The molecule has 0 saturated heterocycles. The van der Waals surface area contributed by atoms with E-state index in [0.29, 0.717) is 16.7 Å². The van der Waals surface area contributed by atoms with E-state index in [4.69, 9.17) is 27.9 Å². The normalized spacial score (nSPS) is 10.6. The highest BCUT2D eigenvalue weighted by atomic mass is 35.5. The molecule has 0 radical (unpaired) electrons. The molecule has 0 aliphatic carbocycles. The molecule has 0 bridgehead atoms. The van der Waals surface area contributed by atoms with Gasteiger partial charge in [0.15, 0.2) is 0 Å². The molecular weight excluding hydrogens is 513 g/mol. The first-order chi connectivity index (χ1) is 16.2. The Morgan fingerprint density at radius 3 is 2.56 bits per heavy atom. The summed E-state index contributed by atoms with van der Waals surface area (Å²) in [7, 11) is 0. The van der Waals surface area contributed by atoms with Crippen LogP contribution in [0.15, 0.2) is 78.0 Å². The standard InChI is InChI=1S/C24H23Cl2N5OS.ClH/c25-20-12-11-19(22(26)15-20)17-32-23-10-5-4-7-18(23)16-27-13-6-14-33-24-28-29-30-31(24)21-8-2-1-3-9-21;/h1-5,7-12,15,27H,6,13-14,16-17H2;1H. The van der Waals surface area contributed by atoms with E-state index in [1.54, 1.807) is 22.5 Å². The molecule has 4 rings (SSSR count). The van der Waals surface area contributed by atoms with Gasteiger partial charge in [-0.25, -0.2) is 0 Å². The Hall–Kier alpha value is -2.29. The maximum atomic E-state index is 6.26. The number of thioether (sulfide) groups is 1. The average Bonchev–Trinajstić information content (AvgIpc) is 3.30. The minimum absolute atomic E-state index is 0. The topological polar surface area (TPSA) is 64.9 Å². The van der Waals surface area contributed by atoms with Crippen LogP contribution in [-0.2, 0) is 13.2 Å². The lowest BCUT2D eigenvalue weighted by Crippen LogP contribution is -2.16. The summed E-state index contributed by atoms with van der Waals surface area (Å²) in [5.41, 5.74) is 2.96. The van der Waals surface area contributed by atoms with Gasteiger partial charge in [0.1, 0.15) is 12.4 Å². The quantitative estimate of drug-likeness (QED) is 0.181. The molecular formula is C24H24Cl3N5OS. The maximum Gasteiger partial charge on any atom is 0.214 e. The van der Waals surface area contributed by atoms with E-state index < -0.39 is 0 Å². The number of nitrogens with one attached hydrogen (secondary N) is 1. The molecule has 34 heavy (non-hydrogen) atoms. The minimum Gasteiger partial charge on any atom is -0.489 e. The fraction of sp³-hybridized carbons (Fsp3) is 0.208. The van der Waals surface area contributed by atoms with E-state index in [-0.39, 0.29) is 12.4 Å². The maximum absolute atomic E-state index is 6.26. The highest BCUT2D eigenvalue weighted by Gasteiger charge is 2.09. The van der Waals surface area contributed by atoms with Crippen LogP contribution in [-0.4, -0.2) is 32.5 Å². The first kappa shape index (κ1) is 26.3. The molecule has 0 atom stereocenters. The summed E-state index contributed by atoms with van der Waals surface area (Å²) in [6, 6.07) is 23.3. The molecule has 1 N–H and O–H groups in total. The van der Waals surface area contributed by atoms with E-state index in [9.17, 15) is 0 Å². The van der Waals surface area contributed by atoms with Crippen molar-refractivity contribution in [2.45, 2.75) is 24.7 Å². The number of hydrogen-bond donors (Lipinski definition) is 1. The Balaban J connectivity index is 0.00000324. The monoisotopic (exact) mass is 535 g/mol. The molecule has 10 heteroatoms. The molecule has 6 nitrogen and oxygen atoms in total. The van der Waals surface area contributed by atoms with Crippen LogP contribution in [0.1, 0.15) is 17.5 Å². The summed E-state index contributed by atoms with van der Waals surface area (Å²) in [5.74, 6) is 1.75. The van der Waals surface area contributed by atoms with Gasteiger partial charge < -0.3 is 10.1 Å². The van der Waals surface area contributed by atoms with Gasteiger partial charge in [0.05, 0.1) is 5.69 Å². The van der Waals surface area contributed by atoms with Crippen LogP contribution in [0.2, 0.25) is 10.0 Å². The fourth-order valence-electron chi connectivity index (χ4n) is 3.17. The molecule has 0 spiro atoms. The number of nitrogens with zero attached hydrogens (tertiary/aromatic N) is 4. The Labute approximate surface area is 219 Å². The van der Waals surface area contributed by atoms with E-state index in [2.05, 4.69) is 26.9 Å². The summed E-state index contributed by atoms with van der Waals surface area (Å²) >= 11 is 13.9. The summed E-state index contributed by atoms with van der Waals surface area (Å²) in [5, 5.41) is 17.5. The van der Waals surface area contributed by atoms with Gasteiger partial charge in [0, 0.05) is 33.5 Å². The predicted octanol–water partition coefficient (Wildman–Crippen LogP) is 6.24. The Morgan fingerprint density at radius 1 is 0.941 bits per heavy atom. The van der Waals surface area contributed by atoms with Crippen LogP contribution in [0.25, 0.3) is 5.69 Å². The molecule has 3 aromatic carbocycles. The van der Waals surface area contributed by atoms with Gasteiger partial charge in [0.25, 0.3) is 0 Å². The molecule has 4 aromatic rings. The highest BCUT2D eigenvalue weighted by Crippen LogP contribution is 2.24. The third-order valence-corrected chi connectivity index (χ3v) is 6.45. The van der Waals surface area contributed by atoms with Crippen LogP contribution < -0.4 is 10.1 Å². The SMILES string of the molecule is Cl.Clc1ccc(COc2ccccc2CNCCCSc2nnnn2-c2ccccc2)c(Cl)c1. The predicted molar refractivity (Wildman–Crippen MR) is 141 cm³/mol. The number of tetrazole rings is 1. The van der Waals surface area contributed by atoms with Crippen molar-refractivity contribution in [3.05, 3.63) is 94.0 Å². The molecule has 0 aliphatic heterocycles. The Morgan fingerprint density at radius 2 is 1.74 bits per heavy atom. The number of rotatable bonds is 11. The van der Waals surface area contributed by atoms with Crippen LogP contribution in [0.3, 0.4) is 0 Å². The van der Waals surface area contributed by atoms with Gasteiger partial charge in [-0.05, 0) is 53.7 Å². The summed E-state index contributed by atoms with van der Waals surface area (Å²) in [6.07, 6.45) is 0.982. The first-order valence-electron chi connectivity index (χ1n) is 10.5. The molecule has 0 unspecified atom stereocenters. The zero-order valence-electron chi connectivity index (χ0n) is 18.2. The zero-order valence-corrected chi connectivity index (χ0v) is 21.4. The van der Waals surface area contributed by atoms with Crippen molar-refractivity contribution in [1.82, 2.24) is 25.5 Å². The van der Waals surface area contributed by atoms with Crippen LogP contribution in [0.4, 0.5) is 0 Å². The van der Waals surface area contributed by atoms with Gasteiger partial charge in [-0.3, -0.25) is 0 Å². The van der Waals surface area contributed by atoms with Crippen LogP contribution in [0, 0.1) is 0 Å². The highest BCUT2D eigenvalue weighted by molar-refractivity contribution is 7.99. The lowest BCUT2D eigenvalue weighted by Gasteiger charge is -2.13. The van der Waals surface area contributed by atoms with Gasteiger partial charge in [-0.15, -0.1) is 17.5 Å². The van der Waals surface area contributed by atoms with Crippen molar-refractivity contribution >= 4 is 47.4 Å². The number of halogens is 3. The largest absolute Gasteiger partial charge is 0.489 e. The second-order valence-corrected chi connectivity index (χ2v) is 9.13. The van der Waals surface area contributed by atoms with Gasteiger partial charge in [0.2, 0.25) is 5.16 Å². The summed E-state index contributed by atoms with van der Waals surface area (Å²) in [6.45, 7) is 1.98. The molecule has 0 amide bonds. The Bertz CT molecular complexity index is 1180. The van der Waals surface area contributed by atoms with Crippen LogP contribution >= 0.6 is 47.4 Å². The van der Waals surface area contributed by atoms with Crippen molar-refractivity contribution in [2.75, 3.05) is 12.3 Å². The molecule has 1 aromatic heterocycles. The Kier molecular flexibility index (Phi) is 10.5. The third kappa shape index (κ3) is 7.35. The first-order valence-corrected chi connectivity index (χ1v) is 12.3. The van der Waals surface area contributed by atoms with Crippen LogP contribution in [0.5, 0.6) is 5.75 Å². The number of hydrogen-bond acceptors (Lipinski definition) is 6. The molecule has 1 heterocycles. The number of para-hydroxylation sites is 2. The van der Waals surface area contributed by atoms with Crippen molar-refractivity contribution in [1.29, 1.82) is 0 Å². The lowest BCUT2D eigenvalue weighted by atomic mass is 10.2. The second kappa shape index (κ2) is 13.6. The van der Waals surface area contributed by atoms with E-state index in [0.717, 1.165) is 53.0 Å². The summed E-state index contributed by atoms with van der Waals surface area (Å²) < 4.78 is 7.79. The second-order valence-electron chi connectivity index (χ2n) is 7.22. The molecule has 0 aliphatic rings. The molecule has 0 fully saturated rings. The smallest absolute Gasteiger partial charge is 0.214 e.